The van der Waals surface area contributed by atoms with Crippen LogP contribution in [0.1, 0.15) is 18.4 Å². The summed E-state index contributed by atoms with van der Waals surface area (Å²) in [6.07, 6.45) is 0.432. The summed E-state index contributed by atoms with van der Waals surface area (Å²) < 4.78 is 0. The second-order valence-electron chi connectivity index (χ2n) is 3.70. The molecule has 4 heteroatoms. The number of carbonyl (C=O) groups is 1. The quantitative estimate of drug-likeness (QED) is 0.686. The molecular weight excluding hydrogens is 206 g/mol. The van der Waals surface area contributed by atoms with Crippen LogP contribution in [0.25, 0.3) is 0 Å². The molecule has 0 aliphatic rings. The Morgan fingerprint density at radius 3 is 2.56 bits per heavy atom. The number of carboxylic acid groups (broad SMARTS) is 1. The molecule has 1 aromatic carbocycles. The summed E-state index contributed by atoms with van der Waals surface area (Å²) in [7, 11) is 0. The molecule has 0 spiro atoms. The molecule has 0 heterocycles. The Balaban J connectivity index is 2.15. The average molecular weight is 223 g/mol. The minimum absolute atomic E-state index is 0.297. The number of nitrogens with one attached hydrogen (secondary N) is 1. The maximum atomic E-state index is 10.2. The second kappa shape index (κ2) is 6.85. The molecular formula is C12H17NO3. The third-order valence-corrected chi connectivity index (χ3v) is 2.36. The Morgan fingerprint density at radius 1 is 1.25 bits per heavy atom. The van der Waals surface area contributed by atoms with Crippen molar-refractivity contribution in [1.29, 1.82) is 0 Å². The van der Waals surface area contributed by atoms with Crippen molar-refractivity contribution < 1.29 is 15.0 Å². The van der Waals surface area contributed by atoms with Crippen LogP contribution < -0.4 is 5.32 Å². The zero-order valence-electron chi connectivity index (χ0n) is 9.10. The van der Waals surface area contributed by atoms with Gasteiger partial charge in [0.25, 0.3) is 0 Å². The highest BCUT2D eigenvalue weighted by Crippen LogP contribution is 2.06. The first-order chi connectivity index (χ1) is 7.68. The van der Waals surface area contributed by atoms with Crippen LogP contribution in [0.4, 0.5) is 4.79 Å². The van der Waals surface area contributed by atoms with E-state index in [0.29, 0.717) is 19.4 Å². The van der Waals surface area contributed by atoms with E-state index in [0.717, 1.165) is 6.42 Å². The highest BCUT2D eigenvalue weighted by atomic mass is 16.4. The van der Waals surface area contributed by atoms with E-state index >= 15 is 0 Å². The largest absolute Gasteiger partial charge is 0.465 e. The van der Waals surface area contributed by atoms with Crippen molar-refractivity contribution in [3.63, 3.8) is 0 Å². The summed E-state index contributed by atoms with van der Waals surface area (Å²) in [6, 6.07) is 9.92. The van der Waals surface area contributed by atoms with Gasteiger partial charge >= 0.3 is 6.09 Å². The van der Waals surface area contributed by atoms with Gasteiger partial charge in [-0.3, -0.25) is 0 Å². The molecule has 1 aromatic rings. The van der Waals surface area contributed by atoms with Gasteiger partial charge in [-0.15, -0.1) is 0 Å². The van der Waals surface area contributed by atoms with E-state index < -0.39 is 12.2 Å². The van der Waals surface area contributed by atoms with Gasteiger partial charge in [0.15, 0.2) is 0 Å². The summed E-state index contributed by atoms with van der Waals surface area (Å²) in [6.45, 7) is 0.297. The molecule has 1 unspecified atom stereocenters. The van der Waals surface area contributed by atoms with E-state index in [9.17, 15) is 9.90 Å². The highest BCUT2D eigenvalue weighted by Gasteiger charge is 2.05. The third-order valence-electron chi connectivity index (χ3n) is 2.36. The van der Waals surface area contributed by atoms with E-state index in [2.05, 4.69) is 5.32 Å². The molecule has 0 aliphatic heterocycles. The number of rotatable bonds is 6. The molecule has 0 bridgehead atoms. The highest BCUT2D eigenvalue weighted by molar-refractivity contribution is 5.64. The van der Waals surface area contributed by atoms with Crippen molar-refractivity contribution in [3.8, 4) is 0 Å². The summed E-state index contributed by atoms with van der Waals surface area (Å²) >= 11 is 0. The maximum Gasteiger partial charge on any atom is 0.404 e. The fourth-order valence-corrected chi connectivity index (χ4v) is 1.47. The third kappa shape index (κ3) is 5.36. The van der Waals surface area contributed by atoms with Crippen LogP contribution >= 0.6 is 0 Å². The number of benzene rings is 1. The normalized spacial score (nSPS) is 12.1. The van der Waals surface area contributed by atoms with Crippen molar-refractivity contribution in [3.05, 3.63) is 35.9 Å². The molecule has 0 aliphatic carbocycles. The van der Waals surface area contributed by atoms with Gasteiger partial charge in [0, 0.05) is 6.54 Å². The van der Waals surface area contributed by atoms with E-state index in [-0.39, 0.29) is 0 Å². The standard InChI is InChI=1S/C12H17NO3/c14-11(8-9-13-12(15)16)7-6-10-4-2-1-3-5-10/h1-5,11,13-14H,6-9H2,(H,15,16). The van der Waals surface area contributed by atoms with Crippen molar-refractivity contribution in [2.45, 2.75) is 25.4 Å². The summed E-state index contributed by atoms with van der Waals surface area (Å²) in [4.78, 5) is 10.2. The number of aliphatic hydroxyl groups is 1. The van der Waals surface area contributed by atoms with Crippen LogP contribution in [0.2, 0.25) is 0 Å². The zero-order valence-corrected chi connectivity index (χ0v) is 9.10. The van der Waals surface area contributed by atoms with Crippen molar-refractivity contribution in [2.24, 2.45) is 0 Å². The molecule has 1 amide bonds. The van der Waals surface area contributed by atoms with E-state index in [1.807, 2.05) is 30.3 Å². The number of amides is 1. The number of hydrogen-bond donors (Lipinski definition) is 3. The molecule has 1 atom stereocenters. The second-order valence-corrected chi connectivity index (χ2v) is 3.70. The Bertz CT molecular complexity index is 313. The van der Waals surface area contributed by atoms with Crippen LogP contribution in [0.3, 0.4) is 0 Å². The number of hydrogen-bond acceptors (Lipinski definition) is 2. The first kappa shape index (κ1) is 12.5. The molecule has 0 fully saturated rings. The van der Waals surface area contributed by atoms with Gasteiger partial charge in [-0.05, 0) is 24.8 Å². The smallest absolute Gasteiger partial charge is 0.404 e. The maximum absolute atomic E-state index is 10.2. The molecule has 0 saturated carbocycles. The summed E-state index contributed by atoms with van der Waals surface area (Å²) in [5.41, 5.74) is 1.19. The molecule has 4 nitrogen and oxygen atoms in total. The monoisotopic (exact) mass is 223 g/mol. The lowest BCUT2D eigenvalue weighted by molar-refractivity contribution is 0.151. The molecule has 0 radical (unpaired) electrons. The minimum Gasteiger partial charge on any atom is -0.465 e. The Hall–Kier alpha value is -1.55. The first-order valence-corrected chi connectivity index (χ1v) is 5.37. The lowest BCUT2D eigenvalue weighted by Crippen LogP contribution is -2.25. The topological polar surface area (TPSA) is 69.6 Å². The van der Waals surface area contributed by atoms with Gasteiger partial charge in [0.1, 0.15) is 0 Å². The molecule has 0 saturated heterocycles. The van der Waals surface area contributed by atoms with Crippen LogP contribution in [0, 0.1) is 0 Å². The zero-order chi connectivity index (χ0) is 11.8. The predicted octanol–water partition coefficient (Wildman–Crippen LogP) is 1.64. The van der Waals surface area contributed by atoms with E-state index in [4.69, 9.17) is 5.11 Å². The lowest BCUT2D eigenvalue weighted by Gasteiger charge is -2.10. The number of aliphatic hydroxyl groups excluding tert-OH is 1. The molecule has 88 valence electrons. The Kier molecular flexibility index (Phi) is 5.36. The van der Waals surface area contributed by atoms with Crippen LogP contribution in [-0.4, -0.2) is 29.0 Å². The SMILES string of the molecule is O=C(O)NCCC(O)CCc1ccccc1. The van der Waals surface area contributed by atoms with E-state index in [1.165, 1.54) is 5.56 Å². The molecule has 16 heavy (non-hydrogen) atoms. The summed E-state index contributed by atoms with van der Waals surface area (Å²) in [5, 5.41) is 20.2. The van der Waals surface area contributed by atoms with Gasteiger partial charge < -0.3 is 15.5 Å². The van der Waals surface area contributed by atoms with Gasteiger partial charge in [-0.2, -0.15) is 0 Å². The van der Waals surface area contributed by atoms with Gasteiger partial charge in [-0.1, -0.05) is 30.3 Å². The predicted molar refractivity (Wildman–Crippen MR) is 61.4 cm³/mol. The lowest BCUT2D eigenvalue weighted by atomic mass is 10.1. The van der Waals surface area contributed by atoms with E-state index in [1.54, 1.807) is 0 Å². The number of aryl methyl sites for hydroxylation is 1. The Labute approximate surface area is 94.9 Å². The van der Waals surface area contributed by atoms with Crippen molar-refractivity contribution in [1.82, 2.24) is 5.32 Å². The minimum atomic E-state index is -1.05. The van der Waals surface area contributed by atoms with Gasteiger partial charge in [-0.25, -0.2) is 4.79 Å². The average Bonchev–Trinajstić information content (AvgIpc) is 2.27. The first-order valence-electron chi connectivity index (χ1n) is 5.37. The molecule has 1 rings (SSSR count). The van der Waals surface area contributed by atoms with Crippen molar-refractivity contribution >= 4 is 6.09 Å². The fraction of sp³-hybridized carbons (Fsp3) is 0.417. The van der Waals surface area contributed by atoms with Crippen molar-refractivity contribution in [2.75, 3.05) is 6.54 Å². The van der Waals surface area contributed by atoms with Gasteiger partial charge in [0.05, 0.1) is 6.10 Å². The summed E-state index contributed by atoms with van der Waals surface area (Å²) in [5.74, 6) is 0. The fourth-order valence-electron chi connectivity index (χ4n) is 1.47. The van der Waals surface area contributed by atoms with Crippen LogP contribution in [0.15, 0.2) is 30.3 Å². The Morgan fingerprint density at radius 2 is 1.94 bits per heavy atom. The molecule has 0 aromatic heterocycles. The molecule has 3 N–H and O–H groups in total. The van der Waals surface area contributed by atoms with Gasteiger partial charge in [0.2, 0.25) is 0 Å². The van der Waals surface area contributed by atoms with Crippen LogP contribution in [0.5, 0.6) is 0 Å². The van der Waals surface area contributed by atoms with Crippen LogP contribution in [-0.2, 0) is 6.42 Å².